The first-order valence-electron chi connectivity index (χ1n) is 5.96. The smallest absolute Gasteiger partial charge is 0.412 e. The van der Waals surface area contributed by atoms with Gasteiger partial charge in [-0.2, -0.15) is 8.42 Å². The highest BCUT2D eigenvalue weighted by atomic mass is 32.2. The molecule has 0 atom stereocenters. The number of anilines is 1. The third-order valence-electron chi connectivity index (χ3n) is 2.01. The topological polar surface area (TPSA) is 81.7 Å². The lowest BCUT2D eigenvalue weighted by Gasteiger charge is -2.20. The first kappa shape index (κ1) is 16.3. The van der Waals surface area contributed by atoms with Gasteiger partial charge in [0.15, 0.2) is 5.75 Å². The molecule has 0 saturated carbocycles. The Hall–Kier alpha value is -1.76. The molecule has 1 aromatic carbocycles. The van der Waals surface area contributed by atoms with Crippen molar-refractivity contribution in [2.24, 2.45) is 0 Å². The van der Waals surface area contributed by atoms with Crippen molar-refractivity contribution in [3.05, 3.63) is 23.8 Å². The minimum atomic E-state index is -3.68. The molecule has 0 aliphatic heterocycles. The SMILES string of the molecule is Cc1ccc(OS(C)(=O)=O)c(NC(=O)OC(C)(C)C)c1. The Kier molecular flexibility index (Phi) is 4.65. The number of hydrogen-bond acceptors (Lipinski definition) is 5. The summed E-state index contributed by atoms with van der Waals surface area (Å²) in [4.78, 5) is 11.7. The second-order valence-electron chi connectivity index (χ2n) is 5.41. The van der Waals surface area contributed by atoms with Crippen molar-refractivity contribution in [2.45, 2.75) is 33.3 Å². The second-order valence-corrected chi connectivity index (χ2v) is 6.99. The average molecular weight is 301 g/mol. The number of hydrogen-bond donors (Lipinski definition) is 1. The standard InChI is InChI=1S/C13H19NO5S/c1-9-6-7-11(19-20(5,16)17)10(8-9)14-12(15)18-13(2,3)4/h6-8H,1-5H3,(H,14,15). The molecule has 0 spiro atoms. The van der Waals surface area contributed by atoms with Crippen LogP contribution in [0.2, 0.25) is 0 Å². The Morgan fingerprint density at radius 2 is 1.85 bits per heavy atom. The number of aryl methyl sites for hydroxylation is 1. The number of carbonyl (C=O) groups is 1. The van der Waals surface area contributed by atoms with E-state index in [9.17, 15) is 13.2 Å². The molecular formula is C13H19NO5S. The molecule has 7 heteroatoms. The predicted octanol–water partition coefficient (Wildman–Crippen LogP) is 2.68. The molecule has 20 heavy (non-hydrogen) atoms. The summed E-state index contributed by atoms with van der Waals surface area (Å²) in [5.74, 6) is 0.0453. The second kappa shape index (κ2) is 5.70. The summed E-state index contributed by atoms with van der Waals surface area (Å²) in [6.07, 6.45) is 0.255. The Balaban J connectivity index is 2.98. The van der Waals surface area contributed by atoms with Gasteiger partial charge in [0.2, 0.25) is 0 Å². The van der Waals surface area contributed by atoms with E-state index in [1.807, 2.05) is 6.92 Å². The molecule has 0 heterocycles. The quantitative estimate of drug-likeness (QED) is 0.868. The molecular weight excluding hydrogens is 282 g/mol. The van der Waals surface area contributed by atoms with Crippen molar-refractivity contribution < 1.29 is 22.1 Å². The maximum absolute atomic E-state index is 11.7. The van der Waals surface area contributed by atoms with Crippen molar-refractivity contribution in [3.8, 4) is 5.75 Å². The molecule has 0 saturated heterocycles. The first-order valence-corrected chi connectivity index (χ1v) is 7.78. The Labute approximate surface area is 119 Å². The zero-order valence-corrected chi connectivity index (χ0v) is 13.0. The van der Waals surface area contributed by atoms with Gasteiger partial charge in [-0.25, -0.2) is 4.79 Å². The van der Waals surface area contributed by atoms with E-state index in [0.717, 1.165) is 11.8 Å². The molecule has 6 nitrogen and oxygen atoms in total. The molecule has 0 aliphatic carbocycles. The normalized spacial score (nSPS) is 11.8. The number of benzene rings is 1. The maximum Gasteiger partial charge on any atom is 0.412 e. The fraction of sp³-hybridized carbons (Fsp3) is 0.462. The van der Waals surface area contributed by atoms with Crippen molar-refractivity contribution in [2.75, 3.05) is 11.6 Å². The summed E-state index contributed by atoms with van der Waals surface area (Å²) in [6, 6.07) is 4.76. The lowest BCUT2D eigenvalue weighted by Crippen LogP contribution is -2.27. The van der Waals surface area contributed by atoms with Crippen LogP contribution in [-0.4, -0.2) is 26.4 Å². The minimum absolute atomic E-state index is 0.0453. The number of carbonyl (C=O) groups excluding carboxylic acids is 1. The van der Waals surface area contributed by atoms with E-state index < -0.39 is 21.8 Å². The zero-order chi connectivity index (χ0) is 15.6. The van der Waals surface area contributed by atoms with E-state index in [-0.39, 0.29) is 11.4 Å². The summed E-state index contributed by atoms with van der Waals surface area (Å²) in [6.45, 7) is 7.01. The van der Waals surface area contributed by atoms with Crippen LogP contribution in [0, 0.1) is 6.92 Å². The molecule has 0 aromatic heterocycles. The highest BCUT2D eigenvalue weighted by Gasteiger charge is 2.18. The van der Waals surface area contributed by atoms with Crippen molar-refractivity contribution in [3.63, 3.8) is 0 Å². The van der Waals surface area contributed by atoms with Gasteiger partial charge in [0.25, 0.3) is 0 Å². The number of amides is 1. The Morgan fingerprint density at radius 3 is 2.35 bits per heavy atom. The van der Waals surface area contributed by atoms with Crippen molar-refractivity contribution in [1.82, 2.24) is 0 Å². The van der Waals surface area contributed by atoms with Crippen LogP contribution in [0.15, 0.2) is 18.2 Å². The van der Waals surface area contributed by atoms with Gasteiger partial charge in [-0.1, -0.05) is 6.07 Å². The first-order chi connectivity index (χ1) is 8.96. The van der Waals surface area contributed by atoms with E-state index in [1.54, 1.807) is 32.9 Å². The molecule has 112 valence electrons. The molecule has 0 unspecified atom stereocenters. The summed E-state index contributed by atoms with van der Waals surface area (Å²) >= 11 is 0. The molecule has 0 aliphatic rings. The number of ether oxygens (including phenoxy) is 1. The van der Waals surface area contributed by atoms with E-state index in [0.29, 0.717) is 0 Å². The van der Waals surface area contributed by atoms with Gasteiger partial charge < -0.3 is 8.92 Å². The van der Waals surface area contributed by atoms with Gasteiger partial charge in [-0.15, -0.1) is 0 Å². The monoisotopic (exact) mass is 301 g/mol. The van der Waals surface area contributed by atoms with Gasteiger partial charge in [0, 0.05) is 0 Å². The zero-order valence-electron chi connectivity index (χ0n) is 12.2. The van der Waals surface area contributed by atoms with E-state index in [1.165, 1.54) is 6.07 Å². The van der Waals surface area contributed by atoms with Crippen LogP contribution >= 0.6 is 0 Å². The lowest BCUT2D eigenvalue weighted by atomic mass is 10.2. The van der Waals surface area contributed by atoms with Crippen LogP contribution in [0.5, 0.6) is 5.75 Å². The largest absolute Gasteiger partial charge is 0.444 e. The Morgan fingerprint density at radius 1 is 1.25 bits per heavy atom. The average Bonchev–Trinajstić information content (AvgIpc) is 2.17. The third kappa shape index (κ3) is 5.92. The van der Waals surface area contributed by atoms with Gasteiger partial charge in [-0.05, 0) is 45.4 Å². The van der Waals surface area contributed by atoms with Gasteiger partial charge in [-0.3, -0.25) is 5.32 Å². The van der Waals surface area contributed by atoms with Crippen LogP contribution in [0.4, 0.5) is 10.5 Å². The van der Waals surface area contributed by atoms with Crippen LogP contribution in [-0.2, 0) is 14.9 Å². The summed E-state index contributed by atoms with van der Waals surface area (Å²) in [5, 5.41) is 2.48. The lowest BCUT2D eigenvalue weighted by molar-refractivity contribution is 0.0635. The highest BCUT2D eigenvalue weighted by molar-refractivity contribution is 7.86. The van der Waals surface area contributed by atoms with Gasteiger partial charge in [0.05, 0.1) is 11.9 Å². The fourth-order valence-electron chi connectivity index (χ4n) is 1.39. The molecule has 1 amide bonds. The van der Waals surface area contributed by atoms with Crippen molar-refractivity contribution >= 4 is 21.9 Å². The number of nitrogens with one attached hydrogen (secondary N) is 1. The fourth-order valence-corrected chi connectivity index (χ4v) is 1.86. The number of rotatable bonds is 3. The van der Waals surface area contributed by atoms with Crippen LogP contribution in [0.1, 0.15) is 26.3 Å². The van der Waals surface area contributed by atoms with Crippen LogP contribution < -0.4 is 9.50 Å². The van der Waals surface area contributed by atoms with Crippen molar-refractivity contribution in [1.29, 1.82) is 0 Å². The summed E-state index contributed by atoms with van der Waals surface area (Å²) < 4.78 is 32.3. The summed E-state index contributed by atoms with van der Waals surface area (Å²) in [5.41, 5.74) is 0.438. The van der Waals surface area contributed by atoms with Crippen LogP contribution in [0.25, 0.3) is 0 Å². The molecule has 0 radical (unpaired) electrons. The minimum Gasteiger partial charge on any atom is -0.444 e. The Bertz CT molecular complexity index is 602. The molecule has 1 rings (SSSR count). The van der Waals surface area contributed by atoms with Crippen LogP contribution in [0.3, 0.4) is 0 Å². The predicted molar refractivity (Wildman–Crippen MR) is 76.5 cm³/mol. The summed E-state index contributed by atoms with van der Waals surface area (Å²) in [7, 11) is -3.68. The van der Waals surface area contributed by atoms with E-state index in [2.05, 4.69) is 5.32 Å². The van der Waals surface area contributed by atoms with Gasteiger partial charge in [0.1, 0.15) is 5.60 Å². The molecule has 0 fully saturated rings. The third-order valence-corrected chi connectivity index (χ3v) is 2.49. The molecule has 1 N–H and O–H groups in total. The maximum atomic E-state index is 11.7. The van der Waals surface area contributed by atoms with E-state index in [4.69, 9.17) is 8.92 Å². The highest BCUT2D eigenvalue weighted by Crippen LogP contribution is 2.27. The van der Waals surface area contributed by atoms with Gasteiger partial charge >= 0.3 is 16.2 Å². The van der Waals surface area contributed by atoms with E-state index >= 15 is 0 Å². The molecule has 0 bridgehead atoms. The molecule has 1 aromatic rings.